The molecule has 136 valence electrons. The van der Waals surface area contributed by atoms with Gasteiger partial charge in [0.15, 0.2) is 18.1 Å². The number of aryl methyl sites for hydroxylation is 2. The summed E-state index contributed by atoms with van der Waals surface area (Å²) >= 11 is 6.88. The first kappa shape index (κ1) is 18.7. The molecule has 1 amide bonds. The van der Waals surface area contributed by atoms with Crippen LogP contribution >= 0.6 is 31.9 Å². The van der Waals surface area contributed by atoms with Crippen LogP contribution in [0.4, 0.5) is 0 Å². The standard InChI is InChI=1S/C18H16Br2N2O4/c1-10-3-11(2)18(14(20)4-10)24-8-17(23)22-21-7-12-5-15-16(6-13(12)19)26-9-25-15/h3-7H,8-9H2,1-2H3,(H,22,23)/b21-7+. The predicted octanol–water partition coefficient (Wildman–Crippen LogP) is 4.09. The van der Waals surface area contributed by atoms with Gasteiger partial charge in [0, 0.05) is 10.0 Å². The Morgan fingerprint density at radius 2 is 1.92 bits per heavy atom. The molecule has 6 nitrogen and oxygen atoms in total. The Balaban J connectivity index is 1.57. The van der Waals surface area contributed by atoms with Crippen LogP contribution in [0.25, 0.3) is 0 Å². The molecule has 3 rings (SSSR count). The molecule has 1 N–H and O–H groups in total. The lowest BCUT2D eigenvalue weighted by molar-refractivity contribution is -0.123. The Bertz CT molecular complexity index is 861. The van der Waals surface area contributed by atoms with Crippen LogP contribution in [-0.4, -0.2) is 25.5 Å². The number of carbonyl (C=O) groups is 1. The number of rotatable bonds is 5. The Kier molecular flexibility index (Phi) is 5.83. The monoisotopic (exact) mass is 482 g/mol. The number of hydrogen-bond acceptors (Lipinski definition) is 5. The second-order valence-electron chi connectivity index (χ2n) is 5.70. The zero-order valence-electron chi connectivity index (χ0n) is 14.1. The zero-order chi connectivity index (χ0) is 18.7. The van der Waals surface area contributed by atoms with Crippen LogP contribution in [0.3, 0.4) is 0 Å². The van der Waals surface area contributed by atoms with E-state index in [1.807, 2.05) is 26.0 Å². The number of carbonyl (C=O) groups excluding carboxylic acids is 1. The van der Waals surface area contributed by atoms with Gasteiger partial charge in [-0.15, -0.1) is 0 Å². The van der Waals surface area contributed by atoms with Crippen LogP contribution < -0.4 is 19.6 Å². The fourth-order valence-corrected chi connectivity index (χ4v) is 3.67. The molecule has 1 heterocycles. The third-order valence-corrected chi connectivity index (χ3v) is 4.88. The van der Waals surface area contributed by atoms with Gasteiger partial charge in [-0.1, -0.05) is 6.07 Å². The van der Waals surface area contributed by atoms with Crippen LogP contribution in [0.5, 0.6) is 17.2 Å². The third-order valence-electron chi connectivity index (χ3n) is 3.61. The topological polar surface area (TPSA) is 69.2 Å². The van der Waals surface area contributed by atoms with E-state index in [1.54, 1.807) is 12.1 Å². The average molecular weight is 484 g/mol. The van der Waals surface area contributed by atoms with E-state index in [0.717, 1.165) is 25.6 Å². The summed E-state index contributed by atoms with van der Waals surface area (Å²) in [5, 5.41) is 3.96. The van der Waals surface area contributed by atoms with E-state index in [2.05, 4.69) is 42.4 Å². The van der Waals surface area contributed by atoms with Crippen LogP contribution in [0.1, 0.15) is 16.7 Å². The first-order chi connectivity index (χ1) is 12.4. The molecule has 0 aromatic heterocycles. The van der Waals surface area contributed by atoms with E-state index in [0.29, 0.717) is 17.2 Å². The van der Waals surface area contributed by atoms with E-state index in [-0.39, 0.29) is 19.3 Å². The van der Waals surface area contributed by atoms with E-state index >= 15 is 0 Å². The summed E-state index contributed by atoms with van der Waals surface area (Å²) in [5.41, 5.74) is 5.27. The molecule has 2 aromatic rings. The van der Waals surface area contributed by atoms with Crippen molar-refractivity contribution in [1.82, 2.24) is 5.43 Å². The zero-order valence-corrected chi connectivity index (χ0v) is 17.3. The van der Waals surface area contributed by atoms with Crippen LogP contribution in [0.15, 0.2) is 38.3 Å². The fourth-order valence-electron chi connectivity index (χ4n) is 2.46. The number of halogens is 2. The van der Waals surface area contributed by atoms with Crippen molar-refractivity contribution in [2.75, 3.05) is 13.4 Å². The van der Waals surface area contributed by atoms with Crippen molar-refractivity contribution in [3.8, 4) is 17.2 Å². The number of nitrogens with zero attached hydrogens (tertiary/aromatic N) is 1. The summed E-state index contributed by atoms with van der Waals surface area (Å²) in [7, 11) is 0. The number of hydrogen-bond donors (Lipinski definition) is 1. The van der Waals surface area contributed by atoms with Gasteiger partial charge in [-0.25, -0.2) is 5.43 Å². The SMILES string of the molecule is Cc1cc(C)c(OCC(=O)N/N=C/c2cc3c(cc2Br)OCO3)c(Br)c1. The maximum atomic E-state index is 11.9. The lowest BCUT2D eigenvalue weighted by Gasteiger charge is -2.11. The van der Waals surface area contributed by atoms with Crippen LogP contribution in [0.2, 0.25) is 0 Å². The highest BCUT2D eigenvalue weighted by molar-refractivity contribution is 9.10. The Morgan fingerprint density at radius 1 is 1.19 bits per heavy atom. The number of benzene rings is 2. The van der Waals surface area contributed by atoms with Gasteiger partial charge in [0.1, 0.15) is 5.75 Å². The molecule has 0 fully saturated rings. The molecule has 0 saturated carbocycles. The molecule has 1 aliphatic heterocycles. The van der Waals surface area contributed by atoms with E-state index in [9.17, 15) is 4.79 Å². The minimum absolute atomic E-state index is 0.137. The molecule has 0 spiro atoms. The highest BCUT2D eigenvalue weighted by Gasteiger charge is 2.15. The fraction of sp³-hybridized carbons (Fsp3) is 0.222. The van der Waals surface area contributed by atoms with Gasteiger partial charge >= 0.3 is 0 Å². The summed E-state index contributed by atoms with van der Waals surface area (Å²) in [6.07, 6.45) is 1.52. The third kappa shape index (κ3) is 4.37. The molecule has 1 aliphatic rings. The molecule has 2 aromatic carbocycles. The van der Waals surface area contributed by atoms with Crippen molar-refractivity contribution in [3.05, 3.63) is 49.9 Å². The van der Waals surface area contributed by atoms with E-state index in [1.165, 1.54) is 6.21 Å². The van der Waals surface area contributed by atoms with Crippen molar-refractivity contribution in [2.45, 2.75) is 13.8 Å². The minimum Gasteiger partial charge on any atom is -0.482 e. The summed E-state index contributed by atoms with van der Waals surface area (Å²) in [4.78, 5) is 11.9. The Morgan fingerprint density at radius 3 is 2.65 bits per heavy atom. The van der Waals surface area contributed by atoms with Gasteiger partial charge in [0.05, 0.1) is 10.7 Å². The summed E-state index contributed by atoms with van der Waals surface area (Å²) in [5.74, 6) is 1.60. The predicted molar refractivity (Wildman–Crippen MR) is 105 cm³/mol. The maximum Gasteiger partial charge on any atom is 0.277 e. The first-order valence-corrected chi connectivity index (χ1v) is 9.33. The highest BCUT2D eigenvalue weighted by atomic mass is 79.9. The van der Waals surface area contributed by atoms with Crippen molar-refractivity contribution < 1.29 is 19.0 Å². The van der Waals surface area contributed by atoms with Crippen LogP contribution in [0, 0.1) is 13.8 Å². The molecular formula is C18H16Br2N2O4. The molecule has 0 bridgehead atoms. The largest absolute Gasteiger partial charge is 0.482 e. The Labute approximate surface area is 167 Å². The van der Waals surface area contributed by atoms with E-state index in [4.69, 9.17) is 14.2 Å². The maximum absolute atomic E-state index is 11.9. The lowest BCUT2D eigenvalue weighted by Crippen LogP contribution is -2.24. The van der Waals surface area contributed by atoms with Crippen molar-refractivity contribution in [2.24, 2.45) is 5.10 Å². The second kappa shape index (κ2) is 8.09. The molecule has 0 unspecified atom stereocenters. The van der Waals surface area contributed by atoms with Crippen molar-refractivity contribution in [3.63, 3.8) is 0 Å². The number of ether oxygens (including phenoxy) is 3. The second-order valence-corrected chi connectivity index (χ2v) is 7.41. The molecule has 0 atom stereocenters. The van der Waals surface area contributed by atoms with Gasteiger partial charge in [0.2, 0.25) is 6.79 Å². The van der Waals surface area contributed by atoms with Gasteiger partial charge in [-0.05, 0) is 75.0 Å². The highest BCUT2D eigenvalue weighted by Crippen LogP contribution is 2.36. The Hall–Kier alpha value is -2.06. The number of fused-ring (bicyclic) bond motifs is 1. The van der Waals surface area contributed by atoms with Crippen LogP contribution in [-0.2, 0) is 4.79 Å². The van der Waals surface area contributed by atoms with Gasteiger partial charge in [0.25, 0.3) is 5.91 Å². The summed E-state index contributed by atoms with van der Waals surface area (Å²) in [6, 6.07) is 7.51. The van der Waals surface area contributed by atoms with Crippen molar-refractivity contribution in [1.29, 1.82) is 0 Å². The number of amides is 1. The summed E-state index contributed by atoms with van der Waals surface area (Å²) in [6.45, 7) is 3.99. The average Bonchev–Trinajstić information content (AvgIpc) is 3.01. The molecule has 0 aliphatic carbocycles. The van der Waals surface area contributed by atoms with E-state index < -0.39 is 0 Å². The van der Waals surface area contributed by atoms with Gasteiger partial charge in [-0.2, -0.15) is 5.10 Å². The number of hydrazone groups is 1. The smallest absolute Gasteiger partial charge is 0.277 e. The first-order valence-electron chi connectivity index (χ1n) is 7.74. The normalized spacial score (nSPS) is 12.5. The lowest BCUT2D eigenvalue weighted by atomic mass is 10.1. The molecule has 0 saturated heterocycles. The molecule has 0 radical (unpaired) electrons. The van der Waals surface area contributed by atoms with Crippen molar-refractivity contribution >= 4 is 44.0 Å². The molecule has 26 heavy (non-hydrogen) atoms. The quantitative estimate of drug-likeness (QED) is 0.513. The van der Waals surface area contributed by atoms with Gasteiger partial charge in [-0.3, -0.25) is 4.79 Å². The summed E-state index contributed by atoms with van der Waals surface area (Å²) < 4.78 is 17.8. The molecule has 8 heteroatoms. The molecular weight excluding hydrogens is 468 g/mol. The van der Waals surface area contributed by atoms with Gasteiger partial charge < -0.3 is 14.2 Å². The number of nitrogens with one attached hydrogen (secondary N) is 1. The minimum atomic E-state index is -0.356.